The number of nitrogens with two attached hydrogens (primary N) is 1. The van der Waals surface area contributed by atoms with Crippen molar-refractivity contribution in [2.45, 2.75) is 39.3 Å². The Balaban J connectivity index is 2.87. The lowest BCUT2D eigenvalue weighted by atomic mass is 10.1. The molecule has 0 aliphatic carbocycles. The van der Waals surface area contributed by atoms with E-state index in [1.807, 2.05) is 52.0 Å². The fourth-order valence-corrected chi connectivity index (χ4v) is 1.45. The second-order valence-electron chi connectivity index (χ2n) is 5.42. The molecule has 0 fully saturated rings. The summed E-state index contributed by atoms with van der Waals surface area (Å²) in [5.74, 6) is 0. The second-order valence-corrected chi connectivity index (χ2v) is 5.42. The van der Waals surface area contributed by atoms with Gasteiger partial charge in [0.1, 0.15) is 5.60 Å². The number of carbonyl (C=O) groups is 1. The first-order chi connectivity index (χ1) is 8.20. The molecule has 0 radical (unpaired) electrons. The first kappa shape index (κ1) is 14.5. The Bertz CT molecular complexity index is 422. The Morgan fingerprint density at radius 2 is 2.00 bits per heavy atom. The molecule has 0 saturated heterocycles. The van der Waals surface area contributed by atoms with Crippen LogP contribution in [0.1, 0.15) is 39.3 Å². The topological polar surface area (TPSA) is 55.6 Å². The zero-order valence-corrected chi connectivity index (χ0v) is 11.7. The summed E-state index contributed by atoms with van der Waals surface area (Å²) in [6, 6.07) is 7.52. The first-order valence-corrected chi connectivity index (χ1v) is 6.03. The van der Waals surface area contributed by atoms with Crippen LogP contribution in [-0.4, -0.2) is 18.7 Å². The van der Waals surface area contributed by atoms with E-state index >= 15 is 0 Å². The number of ether oxygens (including phenoxy) is 1. The number of amides is 1. The van der Waals surface area contributed by atoms with Gasteiger partial charge in [0.25, 0.3) is 0 Å². The molecule has 4 nitrogen and oxygen atoms in total. The third kappa shape index (κ3) is 4.04. The number of carbonyl (C=O) groups excluding carboxylic acids is 1. The van der Waals surface area contributed by atoms with Crippen LogP contribution in [0.15, 0.2) is 24.3 Å². The summed E-state index contributed by atoms with van der Waals surface area (Å²) in [5, 5.41) is 0. The van der Waals surface area contributed by atoms with Gasteiger partial charge in [0.2, 0.25) is 0 Å². The molecule has 0 aromatic heterocycles. The van der Waals surface area contributed by atoms with E-state index < -0.39 is 5.60 Å². The highest BCUT2D eigenvalue weighted by Crippen LogP contribution is 2.20. The van der Waals surface area contributed by atoms with Gasteiger partial charge in [0.15, 0.2) is 0 Å². The van der Waals surface area contributed by atoms with Gasteiger partial charge < -0.3 is 10.5 Å². The summed E-state index contributed by atoms with van der Waals surface area (Å²) in [7, 11) is 1.69. The maximum absolute atomic E-state index is 11.9. The summed E-state index contributed by atoms with van der Waals surface area (Å²) < 4.78 is 5.31. The molecule has 1 rings (SSSR count). The van der Waals surface area contributed by atoms with Crippen LogP contribution in [0.25, 0.3) is 0 Å². The minimum Gasteiger partial charge on any atom is -0.443 e. The normalized spacial score (nSPS) is 13.0. The molecular formula is C14H22N2O2. The van der Waals surface area contributed by atoms with E-state index in [1.165, 1.54) is 4.90 Å². The van der Waals surface area contributed by atoms with Gasteiger partial charge in [-0.05, 0) is 45.4 Å². The molecule has 100 valence electrons. The third-order valence-electron chi connectivity index (χ3n) is 2.45. The van der Waals surface area contributed by atoms with E-state index in [4.69, 9.17) is 10.5 Å². The van der Waals surface area contributed by atoms with Crippen molar-refractivity contribution in [1.82, 2.24) is 0 Å². The standard InChI is InChI=1S/C14H22N2O2/c1-10(15)11-7-6-8-12(9-11)16(5)13(17)18-14(2,3)4/h6-10H,15H2,1-5H3. The van der Waals surface area contributed by atoms with Gasteiger partial charge in [-0.2, -0.15) is 0 Å². The number of nitrogens with zero attached hydrogens (tertiary/aromatic N) is 1. The predicted molar refractivity (Wildman–Crippen MR) is 73.7 cm³/mol. The first-order valence-electron chi connectivity index (χ1n) is 6.03. The van der Waals surface area contributed by atoms with Crippen LogP contribution in [0.3, 0.4) is 0 Å². The molecule has 1 aromatic carbocycles. The van der Waals surface area contributed by atoms with Gasteiger partial charge in [0.05, 0.1) is 0 Å². The highest BCUT2D eigenvalue weighted by Gasteiger charge is 2.20. The summed E-state index contributed by atoms with van der Waals surface area (Å²) >= 11 is 0. The Kier molecular flexibility index (Phi) is 4.35. The van der Waals surface area contributed by atoms with Crippen LogP contribution < -0.4 is 10.6 Å². The fraction of sp³-hybridized carbons (Fsp3) is 0.500. The number of benzene rings is 1. The minimum absolute atomic E-state index is 0.0583. The van der Waals surface area contributed by atoms with Crippen molar-refractivity contribution >= 4 is 11.8 Å². The maximum Gasteiger partial charge on any atom is 0.414 e. The van der Waals surface area contributed by atoms with Crippen molar-refractivity contribution in [3.63, 3.8) is 0 Å². The molecule has 0 heterocycles. The van der Waals surface area contributed by atoms with Gasteiger partial charge in [-0.25, -0.2) is 4.79 Å². The maximum atomic E-state index is 11.9. The molecular weight excluding hydrogens is 228 g/mol. The molecule has 0 spiro atoms. The molecule has 0 bridgehead atoms. The number of hydrogen-bond acceptors (Lipinski definition) is 3. The molecule has 4 heteroatoms. The van der Waals surface area contributed by atoms with Crippen LogP contribution in [0, 0.1) is 0 Å². The second kappa shape index (κ2) is 5.40. The average Bonchev–Trinajstić information content (AvgIpc) is 2.26. The van der Waals surface area contributed by atoms with Crippen LogP contribution in [0.2, 0.25) is 0 Å². The summed E-state index contributed by atoms with van der Waals surface area (Å²) in [6.45, 7) is 7.44. The Morgan fingerprint density at radius 3 is 2.50 bits per heavy atom. The van der Waals surface area contributed by atoms with Crippen molar-refractivity contribution in [2.24, 2.45) is 5.73 Å². The molecule has 0 saturated carbocycles. The van der Waals surface area contributed by atoms with E-state index in [-0.39, 0.29) is 12.1 Å². The van der Waals surface area contributed by atoms with E-state index in [0.717, 1.165) is 11.3 Å². The molecule has 0 aliphatic heterocycles. The minimum atomic E-state index is -0.496. The lowest BCUT2D eigenvalue weighted by molar-refractivity contribution is 0.0589. The quantitative estimate of drug-likeness (QED) is 0.877. The Morgan fingerprint density at radius 1 is 1.39 bits per heavy atom. The highest BCUT2D eigenvalue weighted by molar-refractivity contribution is 5.87. The third-order valence-corrected chi connectivity index (χ3v) is 2.45. The molecule has 1 amide bonds. The summed E-state index contributed by atoms with van der Waals surface area (Å²) in [6.07, 6.45) is -0.371. The molecule has 18 heavy (non-hydrogen) atoms. The number of hydrogen-bond donors (Lipinski definition) is 1. The summed E-state index contributed by atoms with van der Waals surface area (Å²) in [5.41, 5.74) is 7.10. The Labute approximate surface area is 109 Å². The largest absolute Gasteiger partial charge is 0.443 e. The summed E-state index contributed by atoms with van der Waals surface area (Å²) in [4.78, 5) is 13.4. The van der Waals surface area contributed by atoms with Crippen molar-refractivity contribution in [1.29, 1.82) is 0 Å². The molecule has 1 unspecified atom stereocenters. The smallest absolute Gasteiger partial charge is 0.414 e. The lowest BCUT2D eigenvalue weighted by Gasteiger charge is -2.25. The van der Waals surface area contributed by atoms with Crippen LogP contribution >= 0.6 is 0 Å². The molecule has 0 aliphatic rings. The highest BCUT2D eigenvalue weighted by atomic mass is 16.6. The van der Waals surface area contributed by atoms with Crippen molar-refractivity contribution in [2.75, 3.05) is 11.9 Å². The van der Waals surface area contributed by atoms with E-state index in [0.29, 0.717) is 0 Å². The van der Waals surface area contributed by atoms with Gasteiger partial charge in [-0.15, -0.1) is 0 Å². The SMILES string of the molecule is CC(N)c1cccc(N(C)C(=O)OC(C)(C)C)c1. The van der Waals surface area contributed by atoms with E-state index in [1.54, 1.807) is 7.05 Å². The van der Waals surface area contributed by atoms with Gasteiger partial charge >= 0.3 is 6.09 Å². The fourth-order valence-electron chi connectivity index (χ4n) is 1.45. The van der Waals surface area contributed by atoms with Crippen molar-refractivity contribution in [3.8, 4) is 0 Å². The zero-order chi connectivity index (χ0) is 13.9. The van der Waals surface area contributed by atoms with Crippen LogP contribution in [0.4, 0.5) is 10.5 Å². The van der Waals surface area contributed by atoms with Crippen LogP contribution in [-0.2, 0) is 4.74 Å². The zero-order valence-electron chi connectivity index (χ0n) is 11.7. The predicted octanol–water partition coefficient (Wildman–Crippen LogP) is 3.08. The monoisotopic (exact) mass is 250 g/mol. The molecule has 2 N–H and O–H groups in total. The number of rotatable bonds is 2. The number of anilines is 1. The van der Waals surface area contributed by atoms with E-state index in [2.05, 4.69) is 0 Å². The van der Waals surface area contributed by atoms with Gasteiger partial charge in [0, 0.05) is 18.8 Å². The van der Waals surface area contributed by atoms with Crippen LogP contribution in [0.5, 0.6) is 0 Å². The van der Waals surface area contributed by atoms with Gasteiger partial charge in [-0.3, -0.25) is 4.90 Å². The molecule has 1 aromatic rings. The van der Waals surface area contributed by atoms with Gasteiger partial charge in [-0.1, -0.05) is 12.1 Å². The van der Waals surface area contributed by atoms with E-state index in [9.17, 15) is 4.79 Å². The van der Waals surface area contributed by atoms with Crippen molar-refractivity contribution < 1.29 is 9.53 Å². The van der Waals surface area contributed by atoms with Crippen molar-refractivity contribution in [3.05, 3.63) is 29.8 Å². The lowest BCUT2D eigenvalue weighted by Crippen LogP contribution is -2.34. The Hall–Kier alpha value is -1.55. The average molecular weight is 250 g/mol. The molecule has 1 atom stereocenters.